The highest BCUT2D eigenvalue weighted by Crippen LogP contribution is 2.22. The molecule has 124 valence electrons. The molecular formula is C17H23N3O2S. The van der Waals surface area contributed by atoms with E-state index in [0.717, 1.165) is 11.3 Å². The van der Waals surface area contributed by atoms with Crippen molar-refractivity contribution in [1.29, 1.82) is 0 Å². The van der Waals surface area contributed by atoms with Gasteiger partial charge in [-0.2, -0.15) is 0 Å². The van der Waals surface area contributed by atoms with Gasteiger partial charge in [-0.1, -0.05) is 24.3 Å². The summed E-state index contributed by atoms with van der Waals surface area (Å²) in [4.78, 5) is 15.4. The van der Waals surface area contributed by atoms with Crippen molar-refractivity contribution < 1.29 is 9.53 Å². The Kier molecular flexibility index (Phi) is 6.43. The summed E-state index contributed by atoms with van der Waals surface area (Å²) in [5, 5.41) is 7.85. The molecule has 23 heavy (non-hydrogen) atoms. The molecular weight excluding hydrogens is 310 g/mol. The molecule has 1 atom stereocenters. The predicted octanol–water partition coefficient (Wildman–Crippen LogP) is 2.86. The maximum atomic E-state index is 12.0. The van der Waals surface area contributed by atoms with Crippen LogP contribution in [0.1, 0.15) is 16.5 Å². The number of urea groups is 1. The standard InChI is InChI=1S/C17H23N3O2S/c1-20(2)14(16-9-6-10-23-16)12-19-17(21)18-11-13-7-4-5-8-15(13)22-3/h4-10,14H,11-12H2,1-3H3,(H2,18,19,21)/t14-/m0/s1. The van der Waals surface area contributed by atoms with Gasteiger partial charge in [0, 0.05) is 23.5 Å². The number of amides is 2. The Morgan fingerprint density at radius 2 is 2.00 bits per heavy atom. The van der Waals surface area contributed by atoms with E-state index in [1.165, 1.54) is 4.88 Å². The number of benzene rings is 1. The van der Waals surface area contributed by atoms with Crippen LogP contribution in [0.4, 0.5) is 4.79 Å². The van der Waals surface area contributed by atoms with E-state index < -0.39 is 0 Å². The van der Waals surface area contributed by atoms with Gasteiger partial charge < -0.3 is 20.3 Å². The van der Waals surface area contributed by atoms with Crippen molar-refractivity contribution in [2.24, 2.45) is 0 Å². The molecule has 2 aromatic rings. The molecule has 1 aromatic carbocycles. The Morgan fingerprint density at radius 1 is 1.22 bits per heavy atom. The van der Waals surface area contributed by atoms with E-state index in [4.69, 9.17) is 4.74 Å². The van der Waals surface area contributed by atoms with Gasteiger partial charge in [-0.25, -0.2) is 4.79 Å². The van der Waals surface area contributed by atoms with Crippen LogP contribution in [-0.4, -0.2) is 38.7 Å². The van der Waals surface area contributed by atoms with E-state index in [9.17, 15) is 4.79 Å². The van der Waals surface area contributed by atoms with Crippen molar-refractivity contribution >= 4 is 17.4 Å². The number of rotatable bonds is 7. The number of ether oxygens (including phenoxy) is 1. The lowest BCUT2D eigenvalue weighted by molar-refractivity contribution is 0.233. The number of likely N-dealkylation sites (N-methyl/N-ethyl adjacent to an activating group) is 1. The van der Waals surface area contributed by atoms with Gasteiger partial charge in [-0.3, -0.25) is 0 Å². The van der Waals surface area contributed by atoms with E-state index in [1.807, 2.05) is 49.8 Å². The molecule has 1 aromatic heterocycles. The Hall–Kier alpha value is -2.05. The van der Waals surface area contributed by atoms with Crippen LogP contribution in [-0.2, 0) is 6.54 Å². The van der Waals surface area contributed by atoms with Gasteiger partial charge in [0.15, 0.2) is 0 Å². The SMILES string of the molecule is COc1ccccc1CNC(=O)NC[C@@H](c1cccs1)N(C)C. The average molecular weight is 333 g/mol. The van der Waals surface area contributed by atoms with Crippen molar-refractivity contribution in [1.82, 2.24) is 15.5 Å². The minimum atomic E-state index is -0.181. The fourth-order valence-corrected chi connectivity index (χ4v) is 3.22. The first kappa shape index (κ1) is 17.3. The van der Waals surface area contributed by atoms with Gasteiger partial charge in [0.1, 0.15) is 5.75 Å². The largest absolute Gasteiger partial charge is 0.496 e. The number of hydrogen-bond donors (Lipinski definition) is 2. The Balaban J connectivity index is 1.85. The number of carbonyl (C=O) groups is 1. The monoisotopic (exact) mass is 333 g/mol. The Morgan fingerprint density at radius 3 is 2.65 bits per heavy atom. The molecule has 0 unspecified atom stereocenters. The van der Waals surface area contributed by atoms with E-state index in [-0.39, 0.29) is 12.1 Å². The third-order valence-electron chi connectivity index (χ3n) is 3.58. The van der Waals surface area contributed by atoms with Crippen molar-refractivity contribution in [2.75, 3.05) is 27.7 Å². The smallest absolute Gasteiger partial charge is 0.315 e. The number of nitrogens with zero attached hydrogens (tertiary/aromatic N) is 1. The van der Waals surface area contributed by atoms with Crippen LogP contribution in [0.2, 0.25) is 0 Å². The Labute approximate surface area is 141 Å². The molecule has 5 nitrogen and oxygen atoms in total. The Bertz CT molecular complexity index is 614. The molecule has 0 bridgehead atoms. The summed E-state index contributed by atoms with van der Waals surface area (Å²) >= 11 is 1.70. The van der Waals surface area contributed by atoms with Crippen molar-refractivity contribution in [3.8, 4) is 5.75 Å². The molecule has 2 amide bonds. The van der Waals surface area contributed by atoms with E-state index in [1.54, 1.807) is 18.4 Å². The molecule has 0 radical (unpaired) electrons. The van der Waals surface area contributed by atoms with Crippen molar-refractivity contribution in [2.45, 2.75) is 12.6 Å². The number of para-hydroxylation sites is 1. The molecule has 6 heteroatoms. The van der Waals surface area contributed by atoms with E-state index in [2.05, 4.69) is 21.6 Å². The van der Waals surface area contributed by atoms with Crippen LogP contribution in [0.3, 0.4) is 0 Å². The second-order valence-electron chi connectivity index (χ2n) is 5.37. The summed E-state index contributed by atoms with van der Waals surface area (Å²) in [7, 11) is 5.65. The van der Waals surface area contributed by atoms with Crippen LogP contribution in [0.15, 0.2) is 41.8 Å². The van der Waals surface area contributed by atoms with Crippen LogP contribution in [0.25, 0.3) is 0 Å². The van der Waals surface area contributed by atoms with Gasteiger partial charge in [0.2, 0.25) is 0 Å². The van der Waals surface area contributed by atoms with Gasteiger partial charge in [0.05, 0.1) is 13.2 Å². The van der Waals surface area contributed by atoms with Crippen LogP contribution in [0, 0.1) is 0 Å². The zero-order valence-electron chi connectivity index (χ0n) is 13.7. The number of thiophene rings is 1. The van der Waals surface area contributed by atoms with Crippen LogP contribution >= 0.6 is 11.3 Å². The molecule has 2 N–H and O–H groups in total. The molecule has 2 rings (SSSR count). The van der Waals surface area contributed by atoms with Crippen LogP contribution < -0.4 is 15.4 Å². The zero-order valence-corrected chi connectivity index (χ0v) is 14.5. The molecule has 1 heterocycles. The second-order valence-corrected chi connectivity index (χ2v) is 6.35. The summed E-state index contributed by atoms with van der Waals surface area (Å²) in [5.74, 6) is 0.776. The van der Waals surface area contributed by atoms with Gasteiger partial charge in [-0.15, -0.1) is 11.3 Å². The lowest BCUT2D eigenvalue weighted by Gasteiger charge is -2.23. The first-order valence-corrected chi connectivity index (χ1v) is 8.33. The van der Waals surface area contributed by atoms with Gasteiger partial charge >= 0.3 is 6.03 Å². The molecule has 0 aliphatic carbocycles. The predicted molar refractivity (Wildman–Crippen MR) is 94.0 cm³/mol. The number of carbonyl (C=O) groups excluding carboxylic acids is 1. The first-order valence-electron chi connectivity index (χ1n) is 7.45. The highest BCUT2D eigenvalue weighted by Gasteiger charge is 2.16. The fourth-order valence-electron chi connectivity index (χ4n) is 2.29. The minimum absolute atomic E-state index is 0.173. The first-order chi connectivity index (χ1) is 11.1. The molecule has 0 aliphatic heterocycles. The second kappa shape index (κ2) is 8.55. The maximum absolute atomic E-state index is 12.0. The van der Waals surface area contributed by atoms with Gasteiger partial charge in [0.25, 0.3) is 0 Å². The van der Waals surface area contributed by atoms with Crippen molar-refractivity contribution in [3.05, 3.63) is 52.2 Å². The molecule has 0 fully saturated rings. The highest BCUT2D eigenvalue weighted by molar-refractivity contribution is 7.10. The van der Waals surface area contributed by atoms with Gasteiger partial charge in [-0.05, 0) is 31.6 Å². The number of methoxy groups -OCH3 is 1. The summed E-state index contributed by atoms with van der Waals surface area (Å²) in [5.41, 5.74) is 0.951. The molecule has 0 saturated carbocycles. The lowest BCUT2D eigenvalue weighted by Crippen LogP contribution is -2.40. The normalized spacial score (nSPS) is 12.0. The number of nitrogens with one attached hydrogen (secondary N) is 2. The molecule has 0 spiro atoms. The average Bonchev–Trinajstić information content (AvgIpc) is 3.07. The minimum Gasteiger partial charge on any atom is -0.496 e. The lowest BCUT2D eigenvalue weighted by atomic mass is 10.2. The summed E-state index contributed by atoms with van der Waals surface area (Å²) in [6, 6.07) is 11.8. The fraction of sp³-hybridized carbons (Fsp3) is 0.353. The summed E-state index contributed by atoms with van der Waals surface area (Å²) in [6.45, 7) is 0.993. The molecule has 0 saturated heterocycles. The van der Waals surface area contributed by atoms with Crippen LogP contribution in [0.5, 0.6) is 5.75 Å². The third-order valence-corrected chi connectivity index (χ3v) is 4.56. The third kappa shape index (κ3) is 4.97. The summed E-state index contributed by atoms with van der Waals surface area (Å²) in [6.07, 6.45) is 0. The van der Waals surface area contributed by atoms with E-state index >= 15 is 0 Å². The zero-order chi connectivity index (χ0) is 16.7. The maximum Gasteiger partial charge on any atom is 0.315 e. The summed E-state index contributed by atoms with van der Waals surface area (Å²) < 4.78 is 5.28. The van der Waals surface area contributed by atoms with Crippen molar-refractivity contribution in [3.63, 3.8) is 0 Å². The highest BCUT2D eigenvalue weighted by atomic mass is 32.1. The quantitative estimate of drug-likeness (QED) is 0.819. The number of hydrogen-bond acceptors (Lipinski definition) is 4. The molecule has 0 aliphatic rings. The topological polar surface area (TPSA) is 53.6 Å². The van der Waals surface area contributed by atoms with E-state index in [0.29, 0.717) is 13.1 Å².